The van der Waals surface area contributed by atoms with Gasteiger partial charge in [-0.05, 0) is 80.0 Å². The zero-order valence-corrected chi connectivity index (χ0v) is 28.4. The van der Waals surface area contributed by atoms with Crippen molar-refractivity contribution in [2.75, 3.05) is 36.8 Å². The van der Waals surface area contributed by atoms with Gasteiger partial charge in [0.25, 0.3) is 11.8 Å². The van der Waals surface area contributed by atoms with E-state index < -0.39 is 0 Å². The zero-order chi connectivity index (χ0) is 34.1. The first-order valence-corrected chi connectivity index (χ1v) is 17.5. The first-order chi connectivity index (χ1) is 23.7. The summed E-state index contributed by atoms with van der Waals surface area (Å²) in [7, 11) is 0. The van der Waals surface area contributed by atoms with E-state index in [0.717, 1.165) is 86.2 Å². The van der Waals surface area contributed by atoms with Crippen LogP contribution in [0.2, 0.25) is 5.02 Å². The molecule has 0 radical (unpaired) electrons. The normalized spacial score (nSPS) is 20.2. The van der Waals surface area contributed by atoms with Gasteiger partial charge in [0.1, 0.15) is 5.69 Å². The van der Waals surface area contributed by atoms with Crippen molar-refractivity contribution < 1.29 is 19.8 Å². The third-order valence-electron chi connectivity index (χ3n) is 10.0. The number of hydrogen-bond donors (Lipinski definition) is 4. The smallest absolute Gasteiger partial charge is 0.276 e. The third-order valence-corrected chi connectivity index (χ3v) is 10.4. The molecule has 0 bridgehead atoms. The molecule has 0 aliphatic carbocycles. The topological polar surface area (TPSA) is 136 Å². The van der Waals surface area contributed by atoms with Crippen LogP contribution in [0.3, 0.4) is 0 Å². The molecule has 0 saturated carbocycles. The van der Waals surface area contributed by atoms with Crippen molar-refractivity contribution in [2.24, 2.45) is 0 Å². The lowest BCUT2D eigenvalue weighted by atomic mass is 9.98. The molecule has 7 rings (SSSR count). The van der Waals surface area contributed by atoms with E-state index in [2.05, 4.69) is 30.5 Å². The predicted octanol–water partition coefficient (Wildman–Crippen LogP) is 5.27. The Bertz CT molecular complexity index is 1840. The van der Waals surface area contributed by atoms with Crippen molar-refractivity contribution in [2.45, 2.75) is 70.4 Å². The van der Waals surface area contributed by atoms with E-state index in [1.165, 1.54) is 0 Å². The number of hydrogen-bond acceptors (Lipinski definition) is 8. The first kappa shape index (κ1) is 33.4. The summed E-state index contributed by atoms with van der Waals surface area (Å²) < 4.78 is 1.96. The van der Waals surface area contributed by atoms with Crippen LogP contribution in [0, 0.1) is 6.92 Å². The average Bonchev–Trinajstić information content (AvgIpc) is 3.73. The molecule has 11 nitrogen and oxygen atoms in total. The number of nitrogens with one attached hydrogen (secondary N) is 2. The van der Waals surface area contributed by atoms with Crippen molar-refractivity contribution in [3.63, 3.8) is 0 Å². The van der Waals surface area contributed by atoms with Gasteiger partial charge in [0, 0.05) is 56.7 Å². The molecule has 5 heterocycles. The first-order valence-electron chi connectivity index (χ1n) is 17.1. The summed E-state index contributed by atoms with van der Waals surface area (Å²) in [5.41, 5.74) is 6.16. The molecule has 2 amide bonds. The number of aryl methyl sites for hydroxylation is 1. The van der Waals surface area contributed by atoms with Gasteiger partial charge in [0.05, 0.1) is 34.7 Å². The molecule has 2 aromatic carbocycles. The number of aromatic nitrogens is 3. The molecule has 2 saturated heterocycles. The van der Waals surface area contributed by atoms with Crippen molar-refractivity contribution in [1.29, 1.82) is 0 Å². The number of carbonyl (C=O) groups is 2. The van der Waals surface area contributed by atoms with Gasteiger partial charge in [-0.15, -0.1) is 0 Å². The standard InChI is InChI=1S/C37H42ClN7O4/c1-23-27(28-6-3-8-30(35(28)38)41-36(48)31-11-10-24(20-39-31)21-43-16-12-26(47)22-43)5-2-7-29(23)40-37(49)32-19-34-33(9-4-15-45(34)42-32)44-17-13-25(46)14-18-44/h2-3,5-8,10-11,19-20,25-26,33,46-47H,4,9,12-18,21-22H2,1H3,(H,40,49)(H,41,48)/t26-,33?/m1/s1. The number of aliphatic hydroxyl groups is 2. The number of likely N-dealkylation sites (tertiary alicyclic amines) is 2. The van der Waals surface area contributed by atoms with E-state index in [4.69, 9.17) is 11.6 Å². The van der Waals surface area contributed by atoms with Gasteiger partial charge in [-0.1, -0.05) is 41.9 Å². The molecule has 4 N–H and O–H groups in total. The van der Waals surface area contributed by atoms with E-state index in [1.807, 2.05) is 54.1 Å². The van der Waals surface area contributed by atoms with Gasteiger partial charge in [-0.25, -0.2) is 0 Å². The van der Waals surface area contributed by atoms with Crippen molar-refractivity contribution in [3.05, 3.63) is 94.0 Å². The maximum atomic E-state index is 13.5. The Morgan fingerprint density at radius 1 is 0.857 bits per heavy atom. The largest absolute Gasteiger partial charge is 0.393 e. The lowest BCUT2D eigenvalue weighted by Gasteiger charge is -2.38. The summed E-state index contributed by atoms with van der Waals surface area (Å²) in [5.74, 6) is -0.651. The minimum Gasteiger partial charge on any atom is -0.393 e. The quantitative estimate of drug-likeness (QED) is 0.197. The number of pyridine rings is 1. The van der Waals surface area contributed by atoms with E-state index in [0.29, 0.717) is 35.2 Å². The second kappa shape index (κ2) is 14.4. The highest BCUT2D eigenvalue weighted by atomic mass is 35.5. The molecule has 3 aliphatic rings. The molecule has 2 aromatic heterocycles. The summed E-state index contributed by atoms with van der Waals surface area (Å²) in [4.78, 5) is 35.6. The molecule has 49 heavy (non-hydrogen) atoms. The van der Waals surface area contributed by atoms with E-state index in [9.17, 15) is 19.8 Å². The summed E-state index contributed by atoms with van der Waals surface area (Å²) >= 11 is 6.90. The number of rotatable bonds is 8. The maximum Gasteiger partial charge on any atom is 0.276 e. The summed E-state index contributed by atoms with van der Waals surface area (Å²) in [5, 5.41) is 30.8. The number of piperidine rings is 1. The molecule has 1 unspecified atom stereocenters. The Morgan fingerprint density at radius 3 is 2.31 bits per heavy atom. The Morgan fingerprint density at radius 2 is 1.57 bits per heavy atom. The van der Waals surface area contributed by atoms with Crippen LogP contribution in [0.1, 0.15) is 75.9 Å². The number of halogens is 1. The minimum atomic E-state index is -0.372. The van der Waals surface area contributed by atoms with Crippen LogP contribution in [0.25, 0.3) is 11.1 Å². The van der Waals surface area contributed by atoms with Crippen LogP contribution < -0.4 is 10.6 Å². The van der Waals surface area contributed by atoms with E-state index >= 15 is 0 Å². The Balaban J connectivity index is 1.04. The lowest BCUT2D eigenvalue weighted by molar-refractivity contribution is 0.0512. The second-order valence-corrected chi connectivity index (χ2v) is 13.8. The number of anilines is 2. The van der Waals surface area contributed by atoms with Gasteiger partial charge in [-0.3, -0.25) is 29.1 Å². The van der Waals surface area contributed by atoms with E-state index in [1.54, 1.807) is 18.3 Å². The average molecular weight is 684 g/mol. The highest BCUT2D eigenvalue weighted by Crippen LogP contribution is 2.38. The van der Waals surface area contributed by atoms with Crippen LogP contribution in [-0.4, -0.2) is 85.0 Å². The van der Waals surface area contributed by atoms with Gasteiger partial charge in [0.15, 0.2) is 5.69 Å². The zero-order valence-electron chi connectivity index (χ0n) is 27.6. The molecule has 0 spiro atoms. The van der Waals surface area contributed by atoms with Crippen LogP contribution >= 0.6 is 11.6 Å². The number of aliphatic hydroxyl groups excluding tert-OH is 2. The Kier molecular flexibility index (Phi) is 9.80. The maximum absolute atomic E-state index is 13.5. The Labute approximate surface area is 290 Å². The number of nitrogens with zero attached hydrogens (tertiary/aromatic N) is 5. The number of carbonyl (C=O) groups excluding carboxylic acids is 2. The van der Waals surface area contributed by atoms with Crippen LogP contribution in [0.4, 0.5) is 11.4 Å². The highest BCUT2D eigenvalue weighted by Gasteiger charge is 2.31. The molecule has 2 atom stereocenters. The molecule has 2 fully saturated rings. The fourth-order valence-electron chi connectivity index (χ4n) is 7.28. The minimum absolute atomic E-state index is 0.195. The van der Waals surface area contributed by atoms with Gasteiger partial charge in [-0.2, -0.15) is 5.10 Å². The van der Waals surface area contributed by atoms with Crippen LogP contribution in [-0.2, 0) is 13.1 Å². The third kappa shape index (κ3) is 7.27. The molecular formula is C37H42ClN7O4. The van der Waals surface area contributed by atoms with Gasteiger partial charge >= 0.3 is 0 Å². The molecule has 12 heteroatoms. The second-order valence-electron chi connectivity index (χ2n) is 13.4. The summed E-state index contributed by atoms with van der Waals surface area (Å²) in [6.45, 7) is 6.55. The van der Waals surface area contributed by atoms with Crippen LogP contribution in [0.5, 0.6) is 0 Å². The molecular weight excluding hydrogens is 642 g/mol. The monoisotopic (exact) mass is 683 g/mol. The van der Waals surface area contributed by atoms with Crippen molar-refractivity contribution >= 4 is 34.8 Å². The molecule has 4 aromatic rings. The predicted molar refractivity (Wildman–Crippen MR) is 189 cm³/mol. The van der Waals surface area contributed by atoms with Crippen LogP contribution in [0.15, 0.2) is 60.8 Å². The molecule has 3 aliphatic heterocycles. The van der Waals surface area contributed by atoms with Gasteiger partial charge in [0.2, 0.25) is 0 Å². The molecule has 256 valence electrons. The number of fused-ring (bicyclic) bond motifs is 1. The number of amides is 2. The van der Waals surface area contributed by atoms with Gasteiger partial charge < -0.3 is 20.8 Å². The fraction of sp³-hybridized carbons (Fsp3) is 0.405. The summed E-state index contributed by atoms with van der Waals surface area (Å²) in [6, 6.07) is 16.8. The number of β-amino-alcohol motifs (C(OH)–C–C–N with tert-alkyl or cyclic N) is 1. The number of benzene rings is 2. The Hall–Kier alpha value is -4.13. The van der Waals surface area contributed by atoms with Crippen molar-refractivity contribution in [1.82, 2.24) is 24.6 Å². The lowest BCUT2D eigenvalue weighted by Crippen LogP contribution is -2.40. The summed E-state index contributed by atoms with van der Waals surface area (Å²) in [6.07, 6.45) is 5.49. The SMILES string of the molecule is Cc1c(NC(=O)c2cc3n(n2)CCCC3N2CCC(O)CC2)cccc1-c1cccc(NC(=O)c2ccc(CN3CC[C@@H](O)C3)cn2)c1Cl. The van der Waals surface area contributed by atoms with Crippen molar-refractivity contribution in [3.8, 4) is 11.1 Å². The highest BCUT2D eigenvalue weighted by molar-refractivity contribution is 6.36. The fourth-order valence-corrected chi connectivity index (χ4v) is 7.55. The van der Waals surface area contributed by atoms with E-state index in [-0.39, 0.29) is 35.8 Å².